The molecule has 0 atom stereocenters. The summed E-state index contributed by atoms with van der Waals surface area (Å²) in [6, 6.07) is 20.8. The molecule has 5 nitrogen and oxygen atoms in total. The molecule has 0 aliphatic heterocycles. The number of sulfonamides is 1. The van der Waals surface area contributed by atoms with Crippen molar-refractivity contribution in [3.8, 4) is 0 Å². The van der Waals surface area contributed by atoms with Gasteiger partial charge in [0.05, 0.1) is 16.0 Å². The number of hydrogen-bond acceptors (Lipinski definition) is 3. The predicted molar refractivity (Wildman–Crippen MR) is 119 cm³/mol. The second-order valence-corrected chi connectivity index (χ2v) is 9.44. The van der Waals surface area contributed by atoms with Crippen LogP contribution in [0.4, 0.5) is 15.8 Å². The molecule has 0 radical (unpaired) electrons. The predicted octanol–water partition coefficient (Wildman–Crippen LogP) is 5.08. The molecule has 0 unspecified atom stereocenters. The number of anilines is 2. The van der Waals surface area contributed by atoms with E-state index in [1.54, 1.807) is 54.6 Å². The Labute approximate surface area is 181 Å². The van der Waals surface area contributed by atoms with Crippen LogP contribution < -0.4 is 10.0 Å². The fourth-order valence-corrected chi connectivity index (χ4v) is 5.21. The number of carbonyl (C=O) groups excluding carboxylic acids is 1. The summed E-state index contributed by atoms with van der Waals surface area (Å²) in [5, 5.41) is 2.91. The second-order valence-electron chi connectivity index (χ2n) is 7.75. The SMILES string of the molecule is O=C(Nc1cccc(NS(=O)(=O)c2ccccc2)c1)C1(c2cccc(F)c2)CCCC1. The van der Waals surface area contributed by atoms with Gasteiger partial charge in [-0.2, -0.15) is 0 Å². The van der Waals surface area contributed by atoms with Gasteiger partial charge in [-0.05, 0) is 60.9 Å². The molecule has 1 aliphatic carbocycles. The van der Waals surface area contributed by atoms with Gasteiger partial charge in [0.25, 0.3) is 10.0 Å². The first-order valence-corrected chi connectivity index (χ1v) is 11.6. The van der Waals surface area contributed by atoms with Crippen LogP contribution in [0.25, 0.3) is 0 Å². The third kappa shape index (κ3) is 4.46. The molecule has 0 aromatic heterocycles. The maximum atomic E-state index is 13.8. The van der Waals surface area contributed by atoms with Gasteiger partial charge in [-0.15, -0.1) is 0 Å². The van der Waals surface area contributed by atoms with Gasteiger partial charge in [0.15, 0.2) is 0 Å². The molecule has 0 heterocycles. The van der Waals surface area contributed by atoms with Crippen LogP contribution in [0.3, 0.4) is 0 Å². The summed E-state index contributed by atoms with van der Waals surface area (Å²) in [5.41, 5.74) is 0.694. The first kappa shape index (κ1) is 21.1. The van der Waals surface area contributed by atoms with Gasteiger partial charge in [0.2, 0.25) is 5.91 Å². The third-order valence-corrected chi connectivity index (χ3v) is 7.09. The van der Waals surface area contributed by atoms with Crippen LogP contribution in [0.5, 0.6) is 0 Å². The van der Waals surface area contributed by atoms with Crippen molar-refractivity contribution in [3.05, 3.63) is 90.2 Å². The zero-order chi connectivity index (χ0) is 21.9. The van der Waals surface area contributed by atoms with Crippen molar-refractivity contribution < 1.29 is 17.6 Å². The van der Waals surface area contributed by atoms with Gasteiger partial charge in [-0.1, -0.05) is 49.2 Å². The minimum absolute atomic E-state index is 0.153. The summed E-state index contributed by atoms with van der Waals surface area (Å²) >= 11 is 0. The summed E-state index contributed by atoms with van der Waals surface area (Å²) in [5.74, 6) is -0.576. The first-order chi connectivity index (χ1) is 14.9. The van der Waals surface area contributed by atoms with E-state index in [9.17, 15) is 17.6 Å². The summed E-state index contributed by atoms with van der Waals surface area (Å²) in [6.07, 6.45) is 3.06. The molecule has 1 amide bonds. The van der Waals surface area contributed by atoms with Crippen molar-refractivity contribution in [2.75, 3.05) is 10.0 Å². The van der Waals surface area contributed by atoms with Crippen molar-refractivity contribution in [3.63, 3.8) is 0 Å². The zero-order valence-electron chi connectivity index (χ0n) is 16.8. The van der Waals surface area contributed by atoms with E-state index in [0.717, 1.165) is 12.8 Å². The third-order valence-electron chi connectivity index (χ3n) is 5.70. The van der Waals surface area contributed by atoms with E-state index in [1.165, 1.54) is 24.3 Å². The lowest BCUT2D eigenvalue weighted by molar-refractivity contribution is -0.121. The van der Waals surface area contributed by atoms with E-state index in [4.69, 9.17) is 0 Å². The number of benzene rings is 3. The number of nitrogens with one attached hydrogen (secondary N) is 2. The molecule has 3 aromatic rings. The summed E-state index contributed by atoms with van der Waals surface area (Å²) in [7, 11) is -3.74. The lowest BCUT2D eigenvalue weighted by Gasteiger charge is -2.28. The molecular formula is C24H23FN2O3S. The van der Waals surface area contributed by atoms with Crippen molar-refractivity contribution in [1.82, 2.24) is 0 Å². The Balaban J connectivity index is 1.56. The molecule has 3 aromatic carbocycles. The standard InChI is InChI=1S/C24H23FN2O3S/c25-19-9-6-8-18(16-19)24(14-4-5-15-24)23(28)26-20-10-7-11-21(17-20)27-31(29,30)22-12-2-1-3-13-22/h1-3,6-13,16-17,27H,4-5,14-15H2,(H,26,28). The quantitative estimate of drug-likeness (QED) is 0.564. The van der Waals surface area contributed by atoms with Crippen molar-refractivity contribution in [2.45, 2.75) is 36.0 Å². The summed E-state index contributed by atoms with van der Waals surface area (Å²) in [4.78, 5) is 13.4. The Kier molecular flexibility index (Phi) is 5.78. The summed E-state index contributed by atoms with van der Waals surface area (Å²) in [6.45, 7) is 0. The Hall–Kier alpha value is -3.19. The van der Waals surface area contributed by atoms with Crippen molar-refractivity contribution in [2.24, 2.45) is 0 Å². The smallest absolute Gasteiger partial charge is 0.261 e. The number of rotatable bonds is 6. The van der Waals surface area contributed by atoms with E-state index in [-0.39, 0.29) is 16.6 Å². The molecule has 7 heteroatoms. The van der Waals surface area contributed by atoms with Crippen molar-refractivity contribution in [1.29, 1.82) is 0 Å². The average Bonchev–Trinajstić information content (AvgIpc) is 3.26. The van der Waals surface area contributed by atoms with Gasteiger partial charge in [-0.25, -0.2) is 12.8 Å². The molecule has 0 spiro atoms. The number of carbonyl (C=O) groups is 1. The van der Waals surface area contributed by atoms with E-state index in [2.05, 4.69) is 10.0 Å². The van der Waals surface area contributed by atoms with Crippen LogP contribution in [0, 0.1) is 5.82 Å². The minimum Gasteiger partial charge on any atom is -0.325 e. The highest BCUT2D eigenvalue weighted by atomic mass is 32.2. The van der Waals surface area contributed by atoms with Crippen LogP contribution in [-0.4, -0.2) is 14.3 Å². The Morgan fingerprint density at radius 1 is 0.839 bits per heavy atom. The number of hydrogen-bond donors (Lipinski definition) is 2. The molecule has 160 valence electrons. The first-order valence-electron chi connectivity index (χ1n) is 10.1. The van der Waals surface area contributed by atoms with Crippen LogP contribution >= 0.6 is 0 Å². The molecule has 1 fully saturated rings. The van der Waals surface area contributed by atoms with Gasteiger partial charge in [0, 0.05) is 5.69 Å². The van der Waals surface area contributed by atoms with Crippen LogP contribution in [0.1, 0.15) is 31.2 Å². The molecule has 1 saturated carbocycles. The highest BCUT2D eigenvalue weighted by molar-refractivity contribution is 7.92. The monoisotopic (exact) mass is 438 g/mol. The molecule has 1 aliphatic rings. The van der Waals surface area contributed by atoms with Gasteiger partial charge in [0.1, 0.15) is 5.82 Å². The Morgan fingerprint density at radius 2 is 1.52 bits per heavy atom. The molecule has 2 N–H and O–H groups in total. The lowest BCUT2D eigenvalue weighted by atomic mass is 9.78. The Bertz CT molecular complexity index is 1190. The fraction of sp³-hybridized carbons (Fsp3) is 0.208. The van der Waals surface area contributed by atoms with E-state index < -0.39 is 15.4 Å². The zero-order valence-corrected chi connectivity index (χ0v) is 17.7. The average molecular weight is 439 g/mol. The largest absolute Gasteiger partial charge is 0.325 e. The fourth-order valence-electron chi connectivity index (χ4n) is 4.14. The maximum Gasteiger partial charge on any atom is 0.261 e. The summed E-state index contributed by atoms with van der Waals surface area (Å²) < 4.78 is 41.5. The van der Waals surface area contributed by atoms with Crippen molar-refractivity contribution >= 4 is 27.3 Å². The second kappa shape index (κ2) is 8.51. The minimum atomic E-state index is -3.74. The molecule has 0 saturated heterocycles. The molecule has 4 rings (SSSR count). The highest BCUT2D eigenvalue weighted by Gasteiger charge is 2.42. The molecule has 0 bridgehead atoms. The maximum absolute atomic E-state index is 13.8. The normalized spacial score (nSPS) is 15.4. The van der Waals surface area contributed by atoms with Gasteiger partial charge in [-0.3, -0.25) is 9.52 Å². The molecule has 31 heavy (non-hydrogen) atoms. The molecular weight excluding hydrogens is 415 g/mol. The topological polar surface area (TPSA) is 75.3 Å². The van der Waals surface area contributed by atoms with E-state index >= 15 is 0 Å². The van der Waals surface area contributed by atoms with Crippen LogP contribution in [0.2, 0.25) is 0 Å². The van der Waals surface area contributed by atoms with Gasteiger partial charge < -0.3 is 5.32 Å². The van der Waals surface area contributed by atoms with Crippen LogP contribution in [-0.2, 0) is 20.2 Å². The number of amides is 1. The van der Waals surface area contributed by atoms with E-state index in [0.29, 0.717) is 29.8 Å². The van der Waals surface area contributed by atoms with E-state index in [1.807, 2.05) is 0 Å². The number of halogens is 1. The highest BCUT2D eigenvalue weighted by Crippen LogP contribution is 2.42. The Morgan fingerprint density at radius 3 is 2.23 bits per heavy atom. The lowest BCUT2D eigenvalue weighted by Crippen LogP contribution is -2.38. The van der Waals surface area contributed by atoms with Gasteiger partial charge >= 0.3 is 0 Å². The van der Waals surface area contributed by atoms with Crippen LogP contribution in [0.15, 0.2) is 83.8 Å².